The summed E-state index contributed by atoms with van der Waals surface area (Å²) in [6, 6.07) is 16.4. The summed E-state index contributed by atoms with van der Waals surface area (Å²) < 4.78 is 26.9. The Balaban J connectivity index is 1.62. The molecular formula is C18H16N4O3S. The third-order valence-electron chi connectivity index (χ3n) is 3.53. The standard InChI is InChI=1S/C18H16N4O3S/c23-17(22-18-19-11-4-12-20-18)15-9-7-14(8-10-15)13-21-26(24,25)16-5-2-1-3-6-16/h1-12,21H,13H2,(H,19,20,22,23). The van der Waals surface area contributed by atoms with E-state index in [1.54, 1.807) is 48.5 Å². The van der Waals surface area contributed by atoms with E-state index in [1.165, 1.54) is 24.5 Å². The van der Waals surface area contributed by atoms with Gasteiger partial charge in [0.25, 0.3) is 5.91 Å². The molecule has 2 N–H and O–H groups in total. The number of amides is 1. The summed E-state index contributed by atoms with van der Waals surface area (Å²) in [6.45, 7) is 0.126. The predicted molar refractivity (Wildman–Crippen MR) is 96.9 cm³/mol. The van der Waals surface area contributed by atoms with Crippen molar-refractivity contribution in [1.82, 2.24) is 14.7 Å². The Morgan fingerprint density at radius 2 is 1.54 bits per heavy atom. The lowest BCUT2D eigenvalue weighted by atomic mass is 10.1. The number of nitrogens with one attached hydrogen (secondary N) is 2. The molecule has 0 saturated carbocycles. The van der Waals surface area contributed by atoms with E-state index in [0.29, 0.717) is 5.56 Å². The minimum atomic E-state index is -3.57. The molecule has 0 fully saturated rings. The highest BCUT2D eigenvalue weighted by atomic mass is 32.2. The second-order valence-electron chi connectivity index (χ2n) is 5.36. The van der Waals surface area contributed by atoms with Crippen LogP contribution in [0.5, 0.6) is 0 Å². The van der Waals surface area contributed by atoms with Crippen LogP contribution in [0.15, 0.2) is 78.0 Å². The molecule has 0 unspecified atom stereocenters. The van der Waals surface area contributed by atoms with Gasteiger partial charge >= 0.3 is 0 Å². The minimum absolute atomic E-state index is 0.126. The van der Waals surface area contributed by atoms with Gasteiger partial charge in [-0.25, -0.2) is 23.1 Å². The molecule has 0 spiro atoms. The van der Waals surface area contributed by atoms with Crippen LogP contribution in [0.25, 0.3) is 0 Å². The molecule has 0 aliphatic carbocycles. The highest BCUT2D eigenvalue weighted by Crippen LogP contribution is 2.10. The fraction of sp³-hybridized carbons (Fsp3) is 0.0556. The van der Waals surface area contributed by atoms with Gasteiger partial charge in [0.15, 0.2) is 0 Å². The number of carbonyl (C=O) groups excluding carboxylic acids is 1. The zero-order chi connectivity index (χ0) is 18.4. The normalized spacial score (nSPS) is 11.1. The minimum Gasteiger partial charge on any atom is -0.290 e. The third kappa shape index (κ3) is 4.50. The first kappa shape index (κ1) is 17.7. The number of hydrogen-bond acceptors (Lipinski definition) is 5. The van der Waals surface area contributed by atoms with Gasteiger partial charge in [0, 0.05) is 24.5 Å². The molecule has 132 valence electrons. The van der Waals surface area contributed by atoms with E-state index in [1.807, 2.05) is 0 Å². The topological polar surface area (TPSA) is 101 Å². The van der Waals surface area contributed by atoms with E-state index in [9.17, 15) is 13.2 Å². The molecule has 1 aromatic heterocycles. The highest BCUT2D eigenvalue weighted by Gasteiger charge is 2.13. The summed E-state index contributed by atoms with van der Waals surface area (Å²) in [5.74, 6) is -0.121. The van der Waals surface area contributed by atoms with Crippen LogP contribution in [0.2, 0.25) is 0 Å². The second kappa shape index (κ2) is 7.85. The Labute approximate surface area is 151 Å². The molecule has 3 aromatic rings. The van der Waals surface area contributed by atoms with Crippen molar-refractivity contribution in [2.75, 3.05) is 5.32 Å². The predicted octanol–water partition coefficient (Wildman–Crippen LogP) is 2.21. The first-order valence-corrected chi connectivity index (χ1v) is 9.25. The van der Waals surface area contributed by atoms with Gasteiger partial charge in [0.2, 0.25) is 16.0 Å². The van der Waals surface area contributed by atoms with Crippen molar-refractivity contribution >= 4 is 21.9 Å². The van der Waals surface area contributed by atoms with Gasteiger partial charge in [0.1, 0.15) is 0 Å². The van der Waals surface area contributed by atoms with Gasteiger partial charge < -0.3 is 0 Å². The molecule has 0 radical (unpaired) electrons. The average molecular weight is 368 g/mol. The molecule has 0 aliphatic heterocycles. The largest absolute Gasteiger partial charge is 0.290 e. The lowest BCUT2D eigenvalue weighted by Crippen LogP contribution is -2.23. The molecule has 0 aliphatic rings. The van der Waals surface area contributed by atoms with Gasteiger partial charge in [-0.3, -0.25) is 10.1 Å². The van der Waals surface area contributed by atoms with E-state index >= 15 is 0 Å². The quantitative estimate of drug-likeness (QED) is 0.695. The summed E-state index contributed by atoms with van der Waals surface area (Å²) in [4.78, 5) is 20.2. The maximum Gasteiger partial charge on any atom is 0.258 e. The number of hydrogen-bond donors (Lipinski definition) is 2. The number of aromatic nitrogens is 2. The zero-order valence-corrected chi connectivity index (χ0v) is 14.5. The van der Waals surface area contributed by atoms with Crippen molar-refractivity contribution in [3.8, 4) is 0 Å². The van der Waals surface area contributed by atoms with Crippen molar-refractivity contribution in [3.05, 3.63) is 84.2 Å². The van der Waals surface area contributed by atoms with E-state index in [2.05, 4.69) is 20.0 Å². The molecule has 26 heavy (non-hydrogen) atoms. The van der Waals surface area contributed by atoms with Crippen LogP contribution in [0, 0.1) is 0 Å². The van der Waals surface area contributed by atoms with Crippen molar-refractivity contribution in [2.24, 2.45) is 0 Å². The van der Waals surface area contributed by atoms with Gasteiger partial charge in [-0.1, -0.05) is 30.3 Å². The summed E-state index contributed by atoms with van der Waals surface area (Å²) in [7, 11) is -3.57. The highest BCUT2D eigenvalue weighted by molar-refractivity contribution is 7.89. The van der Waals surface area contributed by atoms with E-state index < -0.39 is 10.0 Å². The molecule has 7 nitrogen and oxygen atoms in total. The summed E-state index contributed by atoms with van der Waals surface area (Å²) in [5, 5.41) is 2.58. The maximum absolute atomic E-state index is 12.2. The number of benzene rings is 2. The van der Waals surface area contributed by atoms with Crippen LogP contribution >= 0.6 is 0 Å². The fourth-order valence-corrected chi connectivity index (χ4v) is 3.21. The smallest absolute Gasteiger partial charge is 0.258 e. The number of rotatable bonds is 6. The van der Waals surface area contributed by atoms with Crippen LogP contribution in [0.4, 0.5) is 5.95 Å². The Morgan fingerprint density at radius 3 is 2.19 bits per heavy atom. The van der Waals surface area contributed by atoms with Crippen LogP contribution in [-0.2, 0) is 16.6 Å². The van der Waals surface area contributed by atoms with Gasteiger partial charge in [0.05, 0.1) is 4.90 Å². The first-order valence-electron chi connectivity index (χ1n) is 7.77. The maximum atomic E-state index is 12.2. The van der Waals surface area contributed by atoms with Crippen molar-refractivity contribution in [2.45, 2.75) is 11.4 Å². The SMILES string of the molecule is O=C(Nc1ncccn1)c1ccc(CNS(=O)(=O)c2ccccc2)cc1. The van der Waals surface area contributed by atoms with Gasteiger partial charge in [-0.15, -0.1) is 0 Å². The summed E-state index contributed by atoms with van der Waals surface area (Å²) in [6.07, 6.45) is 3.06. The Bertz CT molecular complexity index is 976. The van der Waals surface area contributed by atoms with Crippen LogP contribution in [0.1, 0.15) is 15.9 Å². The molecule has 1 heterocycles. The lowest BCUT2D eigenvalue weighted by Gasteiger charge is -2.08. The van der Waals surface area contributed by atoms with Crippen LogP contribution < -0.4 is 10.0 Å². The molecule has 2 aromatic carbocycles. The van der Waals surface area contributed by atoms with Gasteiger partial charge in [-0.05, 0) is 35.9 Å². The number of nitrogens with zero attached hydrogens (tertiary/aromatic N) is 2. The van der Waals surface area contributed by atoms with Gasteiger partial charge in [-0.2, -0.15) is 0 Å². The Morgan fingerprint density at radius 1 is 0.885 bits per heavy atom. The average Bonchev–Trinajstić information content (AvgIpc) is 2.68. The second-order valence-corrected chi connectivity index (χ2v) is 7.13. The fourth-order valence-electron chi connectivity index (χ4n) is 2.17. The van der Waals surface area contributed by atoms with Crippen molar-refractivity contribution in [3.63, 3.8) is 0 Å². The molecule has 0 bridgehead atoms. The molecule has 0 saturated heterocycles. The lowest BCUT2D eigenvalue weighted by molar-refractivity contribution is 0.102. The Kier molecular flexibility index (Phi) is 5.35. The van der Waals surface area contributed by atoms with E-state index in [4.69, 9.17) is 0 Å². The van der Waals surface area contributed by atoms with E-state index in [0.717, 1.165) is 5.56 Å². The third-order valence-corrected chi connectivity index (χ3v) is 4.94. The molecule has 3 rings (SSSR count). The van der Waals surface area contributed by atoms with Crippen molar-refractivity contribution < 1.29 is 13.2 Å². The Hall–Kier alpha value is -3.10. The molecular weight excluding hydrogens is 352 g/mol. The zero-order valence-electron chi connectivity index (χ0n) is 13.7. The monoisotopic (exact) mass is 368 g/mol. The summed E-state index contributed by atoms with van der Waals surface area (Å²) >= 11 is 0. The number of sulfonamides is 1. The van der Waals surface area contributed by atoms with E-state index in [-0.39, 0.29) is 23.3 Å². The van der Waals surface area contributed by atoms with Crippen molar-refractivity contribution in [1.29, 1.82) is 0 Å². The summed E-state index contributed by atoms with van der Waals surface area (Å²) in [5.41, 5.74) is 1.16. The number of anilines is 1. The molecule has 0 atom stereocenters. The first-order chi connectivity index (χ1) is 12.5. The van der Waals surface area contributed by atoms with Crippen LogP contribution in [0.3, 0.4) is 0 Å². The molecule has 1 amide bonds. The van der Waals surface area contributed by atoms with Crippen LogP contribution in [-0.4, -0.2) is 24.3 Å². The number of carbonyl (C=O) groups is 1. The molecule has 8 heteroatoms.